The highest BCUT2D eigenvalue weighted by molar-refractivity contribution is 5.95. The fourth-order valence-electron chi connectivity index (χ4n) is 2.70. The van der Waals surface area contributed by atoms with Crippen LogP contribution in [-0.4, -0.2) is 41.6 Å². The van der Waals surface area contributed by atoms with Crippen LogP contribution in [0, 0.1) is 6.92 Å². The van der Waals surface area contributed by atoms with Gasteiger partial charge in [-0.3, -0.25) is 4.79 Å². The highest BCUT2D eigenvalue weighted by Gasteiger charge is 2.25. The number of rotatable bonds is 4. The van der Waals surface area contributed by atoms with Gasteiger partial charge < -0.3 is 15.3 Å². The molecule has 1 heterocycles. The molecule has 0 aliphatic carbocycles. The average molecular weight is 276 g/mol. The van der Waals surface area contributed by atoms with Gasteiger partial charge in [0.2, 0.25) is 0 Å². The number of carbonyl (C=O) groups excluding carboxylic acids is 1. The van der Waals surface area contributed by atoms with Crippen LogP contribution in [0.5, 0.6) is 5.75 Å². The van der Waals surface area contributed by atoms with Crippen LogP contribution in [0.3, 0.4) is 0 Å². The van der Waals surface area contributed by atoms with E-state index >= 15 is 0 Å². The second-order valence-corrected chi connectivity index (χ2v) is 5.50. The van der Waals surface area contributed by atoms with Gasteiger partial charge in [-0.2, -0.15) is 0 Å². The predicted octanol–water partition coefficient (Wildman–Crippen LogP) is 2.30. The molecule has 1 aliphatic rings. The van der Waals surface area contributed by atoms with E-state index in [1.165, 1.54) is 0 Å². The van der Waals surface area contributed by atoms with Crippen LogP contribution in [0.1, 0.15) is 42.1 Å². The number of hydrogen-bond donors (Lipinski definition) is 2. The zero-order valence-corrected chi connectivity index (χ0v) is 12.4. The molecule has 0 bridgehead atoms. The summed E-state index contributed by atoms with van der Waals surface area (Å²) in [5, 5.41) is 13.1. The maximum Gasteiger partial charge on any atom is 0.254 e. The minimum Gasteiger partial charge on any atom is -0.508 e. The van der Waals surface area contributed by atoms with Gasteiger partial charge in [0.1, 0.15) is 5.75 Å². The number of amides is 1. The Kier molecular flexibility index (Phi) is 5.01. The average Bonchev–Trinajstić information content (AvgIpc) is 2.48. The van der Waals surface area contributed by atoms with Crippen LogP contribution in [0.15, 0.2) is 18.2 Å². The Labute approximate surface area is 120 Å². The molecule has 110 valence electrons. The minimum atomic E-state index is 0.0239. The molecule has 1 amide bonds. The van der Waals surface area contributed by atoms with Gasteiger partial charge in [0, 0.05) is 24.7 Å². The van der Waals surface area contributed by atoms with E-state index in [1.807, 2.05) is 11.8 Å². The van der Waals surface area contributed by atoms with Crippen molar-refractivity contribution in [3.63, 3.8) is 0 Å². The summed E-state index contributed by atoms with van der Waals surface area (Å²) in [4.78, 5) is 14.6. The van der Waals surface area contributed by atoms with Crippen LogP contribution < -0.4 is 5.32 Å². The van der Waals surface area contributed by atoms with Crippen molar-refractivity contribution in [2.24, 2.45) is 0 Å². The first-order chi connectivity index (χ1) is 9.63. The lowest BCUT2D eigenvalue weighted by molar-refractivity contribution is 0.0648. The molecule has 1 aliphatic heterocycles. The van der Waals surface area contributed by atoms with Gasteiger partial charge in [0.15, 0.2) is 0 Å². The molecule has 4 heteroatoms. The molecule has 1 atom stereocenters. The molecule has 1 unspecified atom stereocenters. The van der Waals surface area contributed by atoms with E-state index in [9.17, 15) is 9.90 Å². The van der Waals surface area contributed by atoms with Crippen LogP contribution in [0.4, 0.5) is 0 Å². The topological polar surface area (TPSA) is 52.6 Å². The Morgan fingerprint density at radius 2 is 2.30 bits per heavy atom. The highest BCUT2D eigenvalue weighted by Crippen LogP contribution is 2.21. The summed E-state index contributed by atoms with van der Waals surface area (Å²) in [6, 6.07) is 5.44. The molecule has 0 spiro atoms. The quantitative estimate of drug-likeness (QED) is 0.887. The van der Waals surface area contributed by atoms with Gasteiger partial charge in [0.05, 0.1) is 0 Å². The van der Waals surface area contributed by atoms with Crippen molar-refractivity contribution in [3.05, 3.63) is 29.3 Å². The fourth-order valence-corrected chi connectivity index (χ4v) is 2.70. The molecule has 1 aromatic rings. The Bertz CT molecular complexity index is 468. The van der Waals surface area contributed by atoms with Gasteiger partial charge >= 0.3 is 0 Å². The van der Waals surface area contributed by atoms with Crippen molar-refractivity contribution in [2.75, 3.05) is 19.6 Å². The summed E-state index contributed by atoms with van der Waals surface area (Å²) in [6.07, 6.45) is 3.11. The lowest BCUT2D eigenvalue weighted by Gasteiger charge is -2.34. The molecule has 0 aromatic heterocycles. The van der Waals surface area contributed by atoms with E-state index in [4.69, 9.17) is 0 Å². The number of benzene rings is 1. The van der Waals surface area contributed by atoms with E-state index in [-0.39, 0.29) is 17.7 Å². The Hall–Kier alpha value is -1.55. The Balaban J connectivity index is 2.18. The number of carbonyl (C=O) groups is 1. The van der Waals surface area contributed by atoms with Crippen molar-refractivity contribution in [3.8, 4) is 5.75 Å². The summed E-state index contributed by atoms with van der Waals surface area (Å²) >= 11 is 0. The van der Waals surface area contributed by atoms with Gasteiger partial charge in [-0.25, -0.2) is 0 Å². The number of aryl methyl sites for hydroxylation is 1. The third kappa shape index (κ3) is 3.31. The number of phenols is 1. The summed E-state index contributed by atoms with van der Waals surface area (Å²) in [6.45, 7) is 6.58. The molecular formula is C16H24N2O2. The number of nitrogens with one attached hydrogen (secondary N) is 1. The number of piperidine rings is 1. The summed E-state index contributed by atoms with van der Waals surface area (Å²) < 4.78 is 0. The van der Waals surface area contributed by atoms with Crippen molar-refractivity contribution in [2.45, 2.75) is 39.2 Å². The summed E-state index contributed by atoms with van der Waals surface area (Å²) in [7, 11) is 0. The number of aromatic hydroxyl groups is 1. The highest BCUT2D eigenvalue weighted by atomic mass is 16.3. The van der Waals surface area contributed by atoms with E-state index in [2.05, 4.69) is 12.2 Å². The second kappa shape index (κ2) is 6.75. The second-order valence-electron chi connectivity index (χ2n) is 5.50. The number of phenolic OH excluding ortho intramolecular Hbond substituents is 1. The molecule has 0 saturated carbocycles. The lowest BCUT2D eigenvalue weighted by Crippen LogP contribution is -2.49. The van der Waals surface area contributed by atoms with Crippen LogP contribution in [-0.2, 0) is 0 Å². The molecule has 4 nitrogen and oxygen atoms in total. The van der Waals surface area contributed by atoms with Crippen LogP contribution >= 0.6 is 0 Å². The summed E-state index contributed by atoms with van der Waals surface area (Å²) in [5.74, 6) is 0.213. The molecular weight excluding hydrogens is 252 g/mol. The van der Waals surface area contributed by atoms with Crippen molar-refractivity contribution < 1.29 is 9.90 Å². The molecule has 2 N–H and O–H groups in total. The molecule has 1 fully saturated rings. The monoisotopic (exact) mass is 276 g/mol. The van der Waals surface area contributed by atoms with Crippen molar-refractivity contribution in [1.82, 2.24) is 10.2 Å². The van der Waals surface area contributed by atoms with Crippen molar-refractivity contribution >= 4 is 5.91 Å². The standard InChI is InChI=1S/C16H24N2O2/c1-3-9-18(14-5-4-8-17-11-14)16(20)13-7-6-12(2)15(19)10-13/h6-7,10,14,17,19H,3-5,8-9,11H2,1-2H3. The van der Waals surface area contributed by atoms with Crippen LogP contribution in [0.2, 0.25) is 0 Å². The van der Waals surface area contributed by atoms with E-state index < -0.39 is 0 Å². The number of hydrogen-bond acceptors (Lipinski definition) is 3. The molecule has 1 saturated heterocycles. The zero-order chi connectivity index (χ0) is 14.5. The first kappa shape index (κ1) is 14.9. The van der Waals surface area contributed by atoms with Crippen molar-refractivity contribution in [1.29, 1.82) is 0 Å². The maximum atomic E-state index is 12.7. The predicted molar refractivity (Wildman–Crippen MR) is 80.1 cm³/mol. The van der Waals surface area contributed by atoms with Gasteiger partial charge in [-0.05, 0) is 50.4 Å². The zero-order valence-electron chi connectivity index (χ0n) is 12.4. The fraction of sp³-hybridized carbons (Fsp3) is 0.562. The normalized spacial score (nSPS) is 18.8. The van der Waals surface area contributed by atoms with Gasteiger partial charge in [0.25, 0.3) is 5.91 Å². The molecule has 2 rings (SSSR count). The molecule has 20 heavy (non-hydrogen) atoms. The van der Waals surface area contributed by atoms with E-state index in [0.717, 1.165) is 44.5 Å². The Morgan fingerprint density at radius 3 is 2.90 bits per heavy atom. The first-order valence-corrected chi connectivity index (χ1v) is 7.44. The van der Waals surface area contributed by atoms with E-state index in [1.54, 1.807) is 18.2 Å². The van der Waals surface area contributed by atoms with Gasteiger partial charge in [-0.1, -0.05) is 13.0 Å². The van der Waals surface area contributed by atoms with Crippen LogP contribution in [0.25, 0.3) is 0 Å². The Morgan fingerprint density at radius 1 is 1.50 bits per heavy atom. The maximum absolute atomic E-state index is 12.7. The van der Waals surface area contributed by atoms with E-state index in [0.29, 0.717) is 5.56 Å². The minimum absolute atomic E-state index is 0.0239. The lowest BCUT2D eigenvalue weighted by atomic mass is 10.0. The third-order valence-electron chi connectivity index (χ3n) is 3.89. The SMILES string of the molecule is CCCN(C(=O)c1ccc(C)c(O)c1)C1CCCNC1. The molecule has 0 radical (unpaired) electrons. The smallest absolute Gasteiger partial charge is 0.254 e. The molecule has 1 aromatic carbocycles. The first-order valence-electron chi connectivity index (χ1n) is 7.44. The third-order valence-corrected chi connectivity index (χ3v) is 3.89. The number of nitrogens with zero attached hydrogens (tertiary/aromatic N) is 1. The summed E-state index contributed by atoms with van der Waals surface area (Å²) in [5.41, 5.74) is 1.37. The van der Waals surface area contributed by atoms with Gasteiger partial charge in [-0.15, -0.1) is 0 Å². The largest absolute Gasteiger partial charge is 0.508 e.